The Balaban J connectivity index is 1.59. The standard InChI is InChI=1S/C21H20N4O4S/c1-14(26)22-10-9-20-23-24-21(30-12-17(27)15-5-3-2-4-6-15)25(20)16-7-8-18-19(11-16)29-13-28-18/h2-8,11H,9-10,12-13H2,1H3,(H,22,26). The van der Waals surface area contributed by atoms with Crippen molar-refractivity contribution < 1.29 is 19.1 Å². The minimum atomic E-state index is -0.104. The van der Waals surface area contributed by atoms with Crippen molar-refractivity contribution in [1.29, 1.82) is 0 Å². The molecule has 1 aromatic heterocycles. The number of rotatable bonds is 8. The number of benzene rings is 2. The minimum absolute atomic E-state index is 0.0145. The van der Waals surface area contributed by atoms with E-state index in [1.165, 1.54) is 18.7 Å². The Morgan fingerprint density at radius 1 is 1.10 bits per heavy atom. The Morgan fingerprint density at radius 3 is 2.70 bits per heavy atom. The lowest BCUT2D eigenvalue weighted by atomic mass is 10.2. The third-order valence-electron chi connectivity index (χ3n) is 4.47. The molecule has 30 heavy (non-hydrogen) atoms. The zero-order chi connectivity index (χ0) is 20.9. The van der Waals surface area contributed by atoms with Gasteiger partial charge in [-0.25, -0.2) is 0 Å². The largest absolute Gasteiger partial charge is 0.454 e. The molecule has 0 fully saturated rings. The van der Waals surface area contributed by atoms with Crippen molar-refractivity contribution in [2.75, 3.05) is 19.1 Å². The third-order valence-corrected chi connectivity index (χ3v) is 5.39. The summed E-state index contributed by atoms with van der Waals surface area (Å²) in [5, 5.41) is 11.9. The smallest absolute Gasteiger partial charge is 0.231 e. The fraction of sp³-hybridized carbons (Fsp3) is 0.238. The molecule has 0 saturated heterocycles. The molecule has 4 rings (SSSR count). The first-order valence-corrected chi connectivity index (χ1v) is 10.4. The second kappa shape index (κ2) is 9.00. The number of ketones is 1. The fourth-order valence-electron chi connectivity index (χ4n) is 3.03. The lowest BCUT2D eigenvalue weighted by Crippen LogP contribution is -2.23. The predicted molar refractivity (Wildman–Crippen MR) is 111 cm³/mol. The lowest BCUT2D eigenvalue weighted by Gasteiger charge is -2.11. The summed E-state index contributed by atoms with van der Waals surface area (Å²) in [7, 11) is 0. The number of aromatic nitrogens is 3. The molecule has 154 valence electrons. The summed E-state index contributed by atoms with van der Waals surface area (Å²) in [6.45, 7) is 2.09. The van der Waals surface area contributed by atoms with Crippen LogP contribution < -0.4 is 14.8 Å². The number of ether oxygens (including phenoxy) is 2. The normalized spacial score (nSPS) is 12.0. The van der Waals surface area contributed by atoms with Gasteiger partial charge in [0.1, 0.15) is 5.82 Å². The Bertz CT molecular complexity index is 1070. The average molecular weight is 424 g/mol. The van der Waals surface area contributed by atoms with Gasteiger partial charge in [-0.3, -0.25) is 14.2 Å². The molecule has 0 atom stereocenters. The first kappa shape index (κ1) is 20.0. The van der Waals surface area contributed by atoms with Crippen molar-refractivity contribution in [3.8, 4) is 17.2 Å². The molecule has 2 aromatic carbocycles. The maximum absolute atomic E-state index is 12.5. The van der Waals surface area contributed by atoms with Crippen molar-refractivity contribution in [1.82, 2.24) is 20.1 Å². The number of carbonyl (C=O) groups excluding carboxylic acids is 2. The lowest BCUT2D eigenvalue weighted by molar-refractivity contribution is -0.118. The summed E-state index contributed by atoms with van der Waals surface area (Å²) in [6.07, 6.45) is 0.494. The van der Waals surface area contributed by atoms with Crippen LogP contribution in [0.1, 0.15) is 23.1 Å². The number of nitrogens with zero attached hydrogens (tertiary/aromatic N) is 3. The van der Waals surface area contributed by atoms with Crippen molar-refractivity contribution >= 4 is 23.5 Å². The Morgan fingerprint density at radius 2 is 1.90 bits per heavy atom. The molecule has 0 saturated carbocycles. The van der Waals surface area contributed by atoms with Gasteiger partial charge >= 0.3 is 0 Å². The molecule has 2 heterocycles. The van der Waals surface area contributed by atoms with Crippen LogP contribution in [-0.4, -0.2) is 45.5 Å². The monoisotopic (exact) mass is 424 g/mol. The van der Waals surface area contributed by atoms with Gasteiger partial charge in [0.05, 0.1) is 11.4 Å². The van der Waals surface area contributed by atoms with Gasteiger partial charge < -0.3 is 14.8 Å². The highest BCUT2D eigenvalue weighted by atomic mass is 32.2. The summed E-state index contributed by atoms with van der Waals surface area (Å²) >= 11 is 1.32. The zero-order valence-electron chi connectivity index (χ0n) is 16.3. The van der Waals surface area contributed by atoms with Crippen LogP contribution in [0, 0.1) is 0 Å². The Kier molecular flexibility index (Phi) is 5.99. The van der Waals surface area contributed by atoms with Crippen LogP contribution in [0.15, 0.2) is 53.7 Å². The van der Waals surface area contributed by atoms with Crippen molar-refractivity contribution in [3.63, 3.8) is 0 Å². The minimum Gasteiger partial charge on any atom is -0.454 e. The highest BCUT2D eigenvalue weighted by molar-refractivity contribution is 7.99. The topological polar surface area (TPSA) is 95.3 Å². The van der Waals surface area contributed by atoms with E-state index in [2.05, 4.69) is 15.5 Å². The number of Topliss-reactive ketones (excluding diaryl/α,β-unsaturated/α-hetero) is 1. The number of carbonyl (C=O) groups is 2. The van der Waals surface area contributed by atoms with Gasteiger partial charge in [0.2, 0.25) is 12.7 Å². The van der Waals surface area contributed by atoms with Crippen LogP contribution in [0.25, 0.3) is 5.69 Å². The summed E-state index contributed by atoms with van der Waals surface area (Å²) in [5.41, 5.74) is 1.46. The number of hydrogen-bond acceptors (Lipinski definition) is 7. The molecule has 0 unspecified atom stereocenters. The summed E-state index contributed by atoms with van der Waals surface area (Å²) in [6, 6.07) is 14.7. The van der Waals surface area contributed by atoms with Crippen molar-refractivity contribution in [3.05, 3.63) is 59.9 Å². The first-order chi connectivity index (χ1) is 14.6. The first-order valence-electron chi connectivity index (χ1n) is 9.41. The van der Waals surface area contributed by atoms with Crippen LogP contribution >= 0.6 is 11.8 Å². The van der Waals surface area contributed by atoms with Gasteiger partial charge in [-0.05, 0) is 12.1 Å². The van der Waals surface area contributed by atoms with E-state index in [1.54, 1.807) is 12.1 Å². The van der Waals surface area contributed by atoms with E-state index < -0.39 is 0 Å². The van der Waals surface area contributed by atoms with Gasteiger partial charge in [-0.15, -0.1) is 10.2 Å². The fourth-order valence-corrected chi connectivity index (χ4v) is 3.89. The molecule has 3 aromatic rings. The second-order valence-electron chi connectivity index (χ2n) is 6.58. The second-order valence-corrected chi connectivity index (χ2v) is 7.53. The van der Waals surface area contributed by atoms with Crippen molar-refractivity contribution in [2.24, 2.45) is 0 Å². The van der Waals surface area contributed by atoms with Gasteiger partial charge in [-0.2, -0.15) is 0 Å². The maximum Gasteiger partial charge on any atom is 0.231 e. The van der Waals surface area contributed by atoms with Crippen LogP contribution in [-0.2, 0) is 11.2 Å². The third kappa shape index (κ3) is 4.46. The number of fused-ring (bicyclic) bond motifs is 1. The van der Waals surface area contributed by atoms with Crippen LogP contribution in [0.5, 0.6) is 11.5 Å². The quantitative estimate of drug-likeness (QED) is 0.439. The highest BCUT2D eigenvalue weighted by Crippen LogP contribution is 2.35. The molecule has 0 aliphatic carbocycles. The van der Waals surface area contributed by atoms with E-state index in [1.807, 2.05) is 41.0 Å². The zero-order valence-corrected chi connectivity index (χ0v) is 17.1. The number of hydrogen-bond donors (Lipinski definition) is 1. The van der Waals surface area contributed by atoms with E-state index in [0.29, 0.717) is 41.0 Å². The Hall–Kier alpha value is -3.33. The number of nitrogens with one attached hydrogen (secondary N) is 1. The Labute approximate surface area is 177 Å². The molecule has 1 amide bonds. The van der Waals surface area contributed by atoms with E-state index in [-0.39, 0.29) is 24.2 Å². The van der Waals surface area contributed by atoms with E-state index in [0.717, 1.165) is 5.69 Å². The summed E-state index contributed by atoms with van der Waals surface area (Å²) in [4.78, 5) is 23.7. The van der Waals surface area contributed by atoms with Gasteiger partial charge in [0.25, 0.3) is 0 Å². The predicted octanol–water partition coefficient (Wildman–Crippen LogP) is 2.65. The number of thioether (sulfide) groups is 1. The molecule has 0 bridgehead atoms. The molecule has 1 aliphatic heterocycles. The van der Waals surface area contributed by atoms with Crippen LogP contribution in [0.3, 0.4) is 0 Å². The van der Waals surface area contributed by atoms with Gasteiger partial charge in [0.15, 0.2) is 22.4 Å². The summed E-state index contributed by atoms with van der Waals surface area (Å²) in [5.74, 6) is 2.15. The van der Waals surface area contributed by atoms with Crippen molar-refractivity contribution in [2.45, 2.75) is 18.5 Å². The molecule has 8 nitrogen and oxygen atoms in total. The average Bonchev–Trinajstić information content (AvgIpc) is 3.38. The summed E-state index contributed by atoms with van der Waals surface area (Å²) < 4.78 is 12.8. The maximum atomic E-state index is 12.5. The molecule has 1 aliphatic rings. The number of amides is 1. The van der Waals surface area contributed by atoms with E-state index >= 15 is 0 Å². The van der Waals surface area contributed by atoms with E-state index in [9.17, 15) is 9.59 Å². The molecular formula is C21H20N4O4S. The van der Waals surface area contributed by atoms with E-state index in [4.69, 9.17) is 9.47 Å². The SMILES string of the molecule is CC(=O)NCCc1nnc(SCC(=O)c2ccccc2)n1-c1ccc2c(c1)OCO2. The molecular weight excluding hydrogens is 404 g/mol. The molecule has 0 spiro atoms. The highest BCUT2D eigenvalue weighted by Gasteiger charge is 2.20. The van der Waals surface area contributed by atoms with Crippen LogP contribution in [0.4, 0.5) is 0 Å². The molecule has 0 radical (unpaired) electrons. The molecule has 9 heteroatoms. The molecule has 1 N–H and O–H groups in total. The van der Waals surface area contributed by atoms with Crippen LogP contribution in [0.2, 0.25) is 0 Å². The van der Waals surface area contributed by atoms with Gasteiger partial charge in [-0.1, -0.05) is 42.1 Å². The van der Waals surface area contributed by atoms with Gasteiger partial charge in [0, 0.05) is 31.5 Å².